The molecule has 2 aromatic rings. The van der Waals surface area contributed by atoms with Gasteiger partial charge in [-0.05, 0) is 25.5 Å². The fraction of sp³-hybridized carbons (Fsp3) is 0.529. The third-order valence-corrected chi connectivity index (χ3v) is 7.05. The lowest BCUT2D eigenvalue weighted by Crippen LogP contribution is -2.41. The Morgan fingerprint density at radius 3 is 2.55 bits per heavy atom. The molecule has 0 fully saturated rings. The van der Waals surface area contributed by atoms with E-state index >= 15 is 0 Å². The average Bonchev–Trinajstić information content (AvgIpc) is 3.29. The number of sulfonamides is 1. The lowest BCUT2D eigenvalue weighted by molar-refractivity contribution is 0.380. The van der Waals surface area contributed by atoms with Crippen molar-refractivity contribution in [3.05, 3.63) is 33.5 Å². The SMILES string of the molecule is CCNC(=NCc1c(CC)noc1CC)NCCNS(=O)(=O)c1ccc(Cl)s1.I. The van der Waals surface area contributed by atoms with Gasteiger partial charge in [-0.15, -0.1) is 35.3 Å². The summed E-state index contributed by atoms with van der Waals surface area (Å²) in [5.74, 6) is 1.45. The summed E-state index contributed by atoms with van der Waals surface area (Å²) >= 11 is 6.83. The second-order valence-electron chi connectivity index (χ2n) is 5.82. The van der Waals surface area contributed by atoms with Crippen LogP contribution in [0, 0.1) is 0 Å². The van der Waals surface area contributed by atoms with Gasteiger partial charge < -0.3 is 15.2 Å². The Hall–Kier alpha value is -0.890. The van der Waals surface area contributed by atoms with E-state index in [-0.39, 0.29) is 34.7 Å². The first-order valence-electron chi connectivity index (χ1n) is 9.14. The first-order valence-corrected chi connectivity index (χ1v) is 11.8. The second kappa shape index (κ2) is 12.7. The normalized spacial score (nSPS) is 11.9. The lowest BCUT2D eigenvalue weighted by atomic mass is 10.1. The van der Waals surface area contributed by atoms with Gasteiger partial charge in [0.05, 0.1) is 16.6 Å². The summed E-state index contributed by atoms with van der Waals surface area (Å²) in [4.78, 5) is 4.57. The van der Waals surface area contributed by atoms with Crippen LogP contribution in [0.5, 0.6) is 0 Å². The summed E-state index contributed by atoms with van der Waals surface area (Å²) in [5, 5.41) is 10.4. The van der Waals surface area contributed by atoms with E-state index in [1.807, 2.05) is 20.8 Å². The monoisotopic (exact) mass is 575 g/mol. The molecule has 0 aromatic carbocycles. The number of nitrogens with one attached hydrogen (secondary N) is 3. The Balaban J connectivity index is 0.00000420. The highest BCUT2D eigenvalue weighted by molar-refractivity contribution is 14.0. The molecule has 0 atom stereocenters. The van der Waals surface area contributed by atoms with Crippen molar-refractivity contribution in [2.45, 2.75) is 44.4 Å². The fourth-order valence-electron chi connectivity index (χ4n) is 2.50. The van der Waals surface area contributed by atoms with Gasteiger partial charge in [-0.1, -0.05) is 30.6 Å². The van der Waals surface area contributed by atoms with Crippen LogP contribution in [-0.4, -0.2) is 39.2 Å². The molecule has 164 valence electrons. The average molecular weight is 576 g/mol. The Kier molecular flexibility index (Phi) is 11.5. The van der Waals surface area contributed by atoms with Crippen molar-refractivity contribution in [3.63, 3.8) is 0 Å². The molecule has 0 spiro atoms. The molecule has 8 nitrogen and oxygen atoms in total. The highest BCUT2D eigenvalue weighted by Gasteiger charge is 2.16. The number of aryl methyl sites for hydroxylation is 2. The van der Waals surface area contributed by atoms with Crippen LogP contribution in [0.15, 0.2) is 25.9 Å². The summed E-state index contributed by atoms with van der Waals surface area (Å²) in [5.41, 5.74) is 1.93. The van der Waals surface area contributed by atoms with Gasteiger partial charge >= 0.3 is 0 Å². The molecule has 2 heterocycles. The Morgan fingerprint density at radius 2 is 1.97 bits per heavy atom. The van der Waals surface area contributed by atoms with Gasteiger partial charge in [-0.2, -0.15) is 0 Å². The van der Waals surface area contributed by atoms with Gasteiger partial charge in [-0.3, -0.25) is 0 Å². The number of aliphatic imine (C=N–C) groups is 1. The molecule has 12 heteroatoms. The van der Waals surface area contributed by atoms with Crippen molar-refractivity contribution in [3.8, 4) is 0 Å². The quantitative estimate of drug-likeness (QED) is 0.174. The molecule has 0 saturated heterocycles. The lowest BCUT2D eigenvalue weighted by Gasteiger charge is -2.12. The number of aromatic nitrogens is 1. The number of hydrogen-bond donors (Lipinski definition) is 3. The van der Waals surface area contributed by atoms with Gasteiger partial charge in [-0.25, -0.2) is 18.1 Å². The molecular formula is C17H27ClIN5O3S2. The molecule has 2 rings (SSSR count). The van der Waals surface area contributed by atoms with Crippen LogP contribution in [0.4, 0.5) is 0 Å². The minimum absolute atomic E-state index is 0. The minimum atomic E-state index is -3.55. The van der Waals surface area contributed by atoms with E-state index in [1.54, 1.807) is 6.07 Å². The van der Waals surface area contributed by atoms with Crippen LogP contribution < -0.4 is 15.4 Å². The van der Waals surface area contributed by atoms with Crippen molar-refractivity contribution in [2.24, 2.45) is 4.99 Å². The summed E-state index contributed by atoms with van der Waals surface area (Å²) in [7, 11) is -3.55. The van der Waals surface area contributed by atoms with Gasteiger partial charge in [0.2, 0.25) is 10.0 Å². The van der Waals surface area contributed by atoms with Gasteiger partial charge in [0.1, 0.15) is 9.97 Å². The Labute approximate surface area is 197 Å². The predicted octanol–water partition coefficient (Wildman–Crippen LogP) is 3.17. The number of thiophene rings is 1. The maximum Gasteiger partial charge on any atom is 0.250 e. The Bertz CT molecular complexity index is 877. The first kappa shape index (κ1) is 26.1. The summed E-state index contributed by atoms with van der Waals surface area (Å²) in [6.07, 6.45) is 1.54. The molecule has 0 aliphatic heterocycles. The largest absolute Gasteiger partial charge is 0.361 e. The molecule has 0 saturated carbocycles. The maximum absolute atomic E-state index is 12.2. The molecule has 29 heavy (non-hydrogen) atoms. The molecule has 0 unspecified atom stereocenters. The number of halogens is 2. The summed E-state index contributed by atoms with van der Waals surface area (Å²) < 4.78 is 32.9. The minimum Gasteiger partial charge on any atom is -0.361 e. The van der Waals surface area contributed by atoms with E-state index in [0.717, 1.165) is 41.2 Å². The molecule has 0 aliphatic rings. The highest BCUT2D eigenvalue weighted by Crippen LogP contribution is 2.25. The molecule has 3 N–H and O–H groups in total. The standard InChI is InChI=1S/C17H26ClN5O3S2.HI/c1-4-13-12(14(5-2)26-23-13)11-21-17(19-6-3)20-9-10-22-28(24,25)16-8-7-15(18)27-16;/h7-8,22H,4-6,9-11H2,1-3H3,(H2,19,20,21);1H. The van der Waals surface area contributed by atoms with Crippen molar-refractivity contribution in [1.29, 1.82) is 0 Å². The second-order valence-corrected chi connectivity index (χ2v) is 9.53. The zero-order valence-electron chi connectivity index (χ0n) is 16.6. The van der Waals surface area contributed by atoms with Crippen LogP contribution in [0.25, 0.3) is 0 Å². The zero-order valence-corrected chi connectivity index (χ0v) is 21.3. The zero-order chi connectivity index (χ0) is 20.6. The Morgan fingerprint density at radius 1 is 1.21 bits per heavy atom. The van der Waals surface area contributed by atoms with Crippen LogP contribution >= 0.6 is 46.9 Å². The van der Waals surface area contributed by atoms with Crippen molar-refractivity contribution in [2.75, 3.05) is 19.6 Å². The fourth-order valence-corrected chi connectivity index (χ4v) is 5.06. The topological polar surface area (TPSA) is 109 Å². The summed E-state index contributed by atoms with van der Waals surface area (Å²) in [6, 6.07) is 3.05. The highest BCUT2D eigenvalue weighted by atomic mass is 127. The van der Waals surface area contributed by atoms with Gasteiger partial charge in [0.15, 0.2) is 5.96 Å². The van der Waals surface area contributed by atoms with E-state index < -0.39 is 10.0 Å². The number of hydrogen-bond acceptors (Lipinski definition) is 6. The number of nitrogens with zero attached hydrogens (tertiary/aromatic N) is 2. The molecule has 0 aliphatic carbocycles. The maximum atomic E-state index is 12.2. The van der Waals surface area contributed by atoms with Crippen molar-refractivity contribution < 1.29 is 12.9 Å². The molecule has 0 amide bonds. The molecule has 2 aromatic heterocycles. The predicted molar refractivity (Wildman–Crippen MR) is 128 cm³/mol. The van der Waals surface area contributed by atoms with Gasteiger partial charge in [0, 0.05) is 31.6 Å². The van der Waals surface area contributed by atoms with Crippen LogP contribution in [0.3, 0.4) is 0 Å². The molecule has 0 radical (unpaired) electrons. The third-order valence-electron chi connectivity index (χ3n) is 3.87. The molecule has 0 bridgehead atoms. The number of rotatable bonds is 10. The van der Waals surface area contributed by atoms with E-state index in [0.29, 0.717) is 29.9 Å². The molecular weight excluding hydrogens is 549 g/mol. The summed E-state index contributed by atoms with van der Waals surface area (Å²) in [6.45, 7) is 7.75. The third kappa shape index (κ3) is 7.70. The van der Waals surface area contributed by atoms with Crippen molar-refractivity contribution >= 4 is 62.9 Å². The van der Waals surface area contributed by atoms with Crippen LogP contribution in [0.1, 0.15) is 37.8 Å². The number of guanidine groups is 1. The first-order chi connectivity index (χ1) is 13.4. The van der Waals surface area contributed by atoms with Crippen LogP contribution in [0.2, 0.25) is 4.34 Å². The van der Waals surface area contributed by atoms with Crippen LogP contribution in [-0.2, 0) is 29.4 Å². The van der Waals surface area contributed by atoms with Gasteiger partial charge in [0.25, 0.3) is 0 Å². The van der Waals surface area contributed by atoms with E-state index in [1.165, 1.54) is 6.07 Å². The van der Waals surface area contributed by atoms with E-state index in [9.17, 15) is 8.42 Å². The van der Waals surface area contributed by atoms with E-state index in [2.05, 4.69) is 25.5 Å². The smallest absolute Gasteiger partial charge is 0.250 e. The van der Waals surface area contributed by atoms with E-state index in [4.69, 9.17) is 16.1 Å². The van der Waals surface area contributed by atoms with Crippen molar-refractivity contribution in [1.82, 2.24) is 20.5 Å².